The van der Waals surface area contributed by atoms with Crippen LogP contribution in [0.3, 0.4) is 0 Å². The van der Waals surface area contributed by atoms with Gasteiger partial charge in [0.05, 0.1) is 17.8 Å². The molecule has 0 unspecified atom stereocenters. The van der Waals surface area contributed by atoms with Crippen LogP contribution in [0.5, 0.6) is 0 Å². The van der Waals surface area contributed by atoms with Crippen LogP contribution in [0.4, 0.5) is 5.82 Å². The van der Waals surface area contributed by atoms with Gasteiger partial charge in [-0.15, -0.1) is 0 Å². The Kier molecular flexibility index (Phi) is 3.31. The Morgan fingerprint density at radius 1 is 1.35 bits per heavy atom. The van der Waals surface area contributed by atoms with Crippen molar-refractivity contribution in [2.45, 2.75) is 6.54 Å². The summed E-state index contributed by atoms with van der Waals surface area (Å²) in [7, 11) is 1.95. The van der Waals surface area contributed by atoms with Crippen molar-refractivity contribution >= 4 is 5.82 Å². The topological polar surface area (TPSA) is 52.8 Å². The van der Waals surface area contributed by atoms with Crippen molar-refractivity contribution in [2.24, 2.45) is 0 Å². The second-order valence-electron chi connectivity index (χ2n) is 3.73. The van der Waals surface area contributed by atoms with Crippen LogP contribution in [0.15, 0.2) is 42.9 Å². The number of nitriles is 1. The van der Waals surface area contributed by atoms with E-state index in [-0.39, 0.29) is 0 Å². The van der Waals surface area contributed by atoms with Crippen molar-refractivity contribution in [3.63, 3.8) is 0 Å². The summed E-state index contributed by atoms with van der Waals surface area (Å²) >= 11 is 0. The van der Waals surface area contributed by atoms with E-state index in [1.807, 2.05) is 30.1 Å². The quantitative estimate of drug-likeness (QED) is 0.800. The van der Waals surface area contributed by atoms with Gasteiger partial charge in [0, 0.05) is 26.0 Å². The number of nitrogens with zero attached hydrogens (tertiary/aromatic N) is 4. The third-order valence-electron chi connectivity index (χ3n) is 2.42. The summed E-state index contributed by atoms with van der Waals surface area (Å²) in [6.45, 7) is 0.703. The average Bonchev–Trinajstić information content (AvgIpc) is 2.40. The number of benzene rings is 1. The van der Waals surface area contributed by atoms with Crippen molar-refractivity contribution in [2.75, 3.05) is 11.9 Å². The molecule has 0 spiro atoms. The van der Waals surface area contributed by atoms with Crippen LogP contribution >= 0.6 is 0 Å². The first-order valence-corrected chi connectivity index (χ1v) is 5.26. The van der Waals surface area contributed by atoms with E-state index in [0.717, 1.165) is 11.4 Å². The van der Waals surface area contributed by atoms with Crippen LogP contribution in [0, 0.1) is 11.3 Å². The molecule has 0 atom stereocenters. The number of aromatic nitrogens is 2. The van der Waals surface area contributed by atoms with E-state index in [2.05, 4.69) is 16.0 Å². The second-order valence-corrected chi connectivity index (χ2v) is 3.73. The highest BCUT2D eigenvalue weighted by molar-refractivity contribution is 5.38. The molecule has 84 valence electrons. The molecular formula is C13H12N4. The minimum atomic E-state index is 0.676. The molecule has 1 heterocycles. The fourth-order valence-corrected chi connectivity index (χ4v) is 1.58. The highest BCUT2D eigenvalue weighted by Crippen LogP contribution is 2.11. The minimum Gasteiger partial charge on any atom is -0.354 e. The Labute approximate surface area is 100 Å². The van der Waals surface area contributed by atoms with Crippen molar-refractivity contribution in [1.82, 2.24) is 9.97 Å². The molecule has 0 fully saturated rings. The molecule has 4 heteroatoms. The van der Waals surface area contributed by atoms with E-state index in [9.17, 15) is 0 Å². The van der Waals surface area contributed by atoms with Gasteiger partial charge in [-0.05, 0) is 17.7 Å². The molecule has 17 heavy (non-hydrogen) atoms. The first kappa shape index (κ1) is 11.1. The number of hydrogen-bond acceptors (Lipinski definition) is 4. The molecule has 4 nitrogen and oxygen atoms in total. The molecule has 0 aliphatic heterocycles. The van der Waals surface area contributed by atoms with Gasteiger partial charge in [-0.25, -0.2) is 4.98 Å². The third kappa shape index (κ3) is 2.79. The van der Waals surface area contributed by atoms with E-state index in [0.29, 0.717) is 12.1 Å². The van der Waals surface area contributed by atoms with Gasteiger partial charge in [0.15, 0.2) is 0 Å². The van der Waals surface area contributed by atoms with Gasteiger partial charge in [0.25, 0.3) is 0 Å². The van der Waals surface area contributed by atoms with E-state index in [4.69, 9.17) is 5.26 Å². The summed E-state index contributed by atoms with van der Waals surface area (Å²) in [5.41, 5.74) is 1.76. The molecule has 0 bridgehead atoms. The molecule has 1 aromatic carbocycles. The first-order chi connectivity index (χ1) is 8.29. The highest BCUT2D eigenvalue weighted by Gasteiger charge is 2.03. The molecule has 0 saturated heterocycles. The first-order valence-electron chi connectivity index (χ1n) is 5.26. The van der Waals surface area contributed by atoms with Crippen LogP contribution in [0.2, 0.25) is 0 Å². The van der Waals surface area contributed by atoms with Gasteiger partial charge >= 0.3 is 0 Å². The number of anilines is 1. The summed E-state index contributed by atoms with van der Waals surface area (Å²) < 4.78 is 0. The normalized spacial score (nSPS) is 9.65. The Morgan fingerprint density at radius 3 is 2.94 bits per heavy atom. The lowest BCUT2D eigenvalue weighted by molar-refractivity contribution is 0.889. The van der Waals surface area contributed by atoms with Crippen molar-refractivity contribution < 1.29 is 0 Å². The monoisotopic (exact) mass is 224 g/mol. The molecule has 2 rings (SSSR count). The van der Waals surface area contributed by atoms with Crippen LogP contribution < -0.4 is 4.90 Å². The molecule has 0 saturated carbocycles. The molecule has 0 radical (unpaired) electrons. The average molecular weight is 224 g/mol. The van der Waals surface area contributed by atoms with Crippen molar-refractivity contribution in [1.29, 1.82) is 5.26 Å². The van der Waals surface area contributed by atoms with Crippen LogP contribution in [-0.2, 0) is 6.54 Å². The predicted octanol–water partition coefficient (Wildman–Crippen LogP) is 1.98. The summed E-state index contributed by atoms with van der Waals surface area (Å²) in [6, 6.07) is 9.69. The Balaban J connectivity index is 2.13. The standard InChI is InChI=1S/C13H12N4/c1-17(13-9-15-5-6-16-13)10-12-4-2-3-11(7-12)8-14/h2-7,9H,10H2,1H3. The SMILES string of the molecule is CN(Cc1cccc(C#N)c1)c1cnccn1. The van der Waals surface area contributed by atoms with Crippen LogP contribution in [-0.4, -0.2) is 17.0 Å². The zero-order valence-corrected chi connectivity index (χ0v) is 9.54. The second kappa shape index (κ2) is 5.08. The Bertz CT molecular complexity index is 531. The highest BCUT2D eigenvalue weighted by atomic mass is 15.2. The van der Waals surface area contributed by atoms with Crippen molar-refractivity contribution in [3.05, 3.63) is 54.0 Å². The maximum atomic E-state index is 8.83. The Morgan fingerprint density at radius 2 is 2.24 bits per heavy atom. The maximum absolute atomic E-state index is 8.83. The molecule has 0 amide bonds. The molecule has 1 aromatic heterocycles. The summed E-state index contributed by atoms with van der Waals surface area (Å²) in [6.07, 6.45) is 5.03. The lowest BCUT2D eigenvalue weighted by Gasteiger charge is -2.17. The third-order valence-corrected chi connectivity index (χ3v) is 2.42. The van der Waals surface area contributed by atoms with Crippen molar-refractivity contribution in [3.8, 4) is 6.07 Å². The van der Waals surface area contributed by atoms with Crippen LogP contribution in [0.1, 0.15) is 11.1 Å². The summed E-state index contributed by atoms with van der Waals surface area (Å²) in [4.78, 5) is 10.2. The lowest BCUT2D eigenvalue weighted by Crippen LogP contribution is -2.17. The Hall–Kier alpha value is -2.41. The van der Waals surface area contributed by atoms with Gasteiger partial charge in [0.2, 0.25) is 0 Å². The smallest absolute Gasteiger partial charge is 0.147 e. The van der Waals surface area contributed by atoms with Gasteiger partial charge in [0.1, 0.15) is 5.82 Å². The zero-order valence-electron chi connectivity index (χ0n) is 9.54. The van der Waals surface area contributed by atoms with E-state index in [1.54, 1.807) is 24.7 Å². The molecular weight excluding hydrogens is 212 g/mol. The van der Waals surface area contributed by atoms with Gasteiger partial charge < -0.3 is 4.90 Å². The van der Waals surface area contributed by atoms with E-state index in [1.165, 1.54) is 0 Å². The van der Waals surface area contributed by atoms with Gasteiger partial charge in [-0.2, -0.15) is 5.26 Å². The fourth-order valence-electron chi connectivity index (χ4n) is 1.58. The lowest BCUT2D eigenvalue weighted by atomic mass is 10.1. The number of hydrogen-bond donors (Lipinski definition) is 0. The molecule has 0 aliphatic rings. The van der Waals surface area contributed by atoms with E-state index < -0.39 is 0 Å². The molecule has 2 aromatic rings. The fraction of sp³-hybridized carbons (Fsp3) is 0.154. The summed E-state index contributed by atoms with van der Waals surface area (Å²) in [5.74, 6) is 0.815. The van der Waals surface area contributed by atoms with Crippen LogP contribution in [0.25, 0.3) is 0 Å². The minimum absolute atomic E-state index is 0.676. The predicted molar refractivity (Wildman–Crippen MR) is 65.3 cm³/mol. The van der Waals surface area contributed by atoms with E-state index >= 15 is 0 Å². The maximum Gasteiger partial charge on any atom is 0.147 e. The molecule has 0 aliphatic carbocycles. The number of rotatable bonds is 3. The molecule has 0 N–H and O–H groups in total. The zero-order chi connectivity index (χ0) is 12.1. The van der Waals surface area contributed by atoms with Gasteiger partial charge in [-0.1, -0.05) is 12.1 Å². The largest absolute Gasteiger partial charge is 0.354 e. The summed E-state index contributed by atoms with van der Waals surface area (Å²) in [5, 5.41) is 8.83. The van der Waals surface area contributed by atoms with Gasteiger partial charge in [-0.3, -0.25) is 4.98 Å².